The number of hydrogen-bond acceptors (Lipinski definition) is 5. The lowest BCUT2D eigenvalue weighted by atomic mass is 10.2. The Morgan fingerprint density at radius 3 is 2.24 bits per heavy atom. The Kier molecular flexibility index (Phi) is 10.4. The van der Waals surface area contributed by atoms with E-state index in [0.29, 0.717) is 53.2 Å². The van der Waals surface area contributed by atoms with Gasteiger partial charge in [0.1, 0.15) is 0 Å². The second-order valence-corrected chi connectivity index (χ2v) is 13.2. The van der Waals surface area contributed by atoms with E-state index >= 15 is 0 Å². The molecular formula is C26H33Cl2N3O4S2. The first-order valence-corrected chi connectivity index (χ1v) is 15.2. The van der Waals surface area contributed by atoms with Gasteiger partial charge >= 0.3 is 0 Å². The van der Waals surface area contributed by atoms with E-state index < -0.39 is 15.9 Å². The number of fused-ring (bicyclic) bond motifs is 1. The summed E-state index contributed by atoms with van der Waals surface area (Å²) in [6, 6.07) is 9.50. The molecule has 0 aliphatic rings. The van der Waals surface area contributed by atoms with Crippen molar-refractivity contribution >= 4 is 60.7 Å². The molecule has 37 heavy (non-hydrogen) atoms. The molecule has 1 aromatic heterocycles. The molecule has 0 fully saturated rings. The Morgan fingerprint density at radius 1 is 1.05 bits per heavy atom. The van der Waals surface area contributed by atoms with Gasteiger partial charge in [-0.2, -0.15) is 9.30 Å². The molecule has 0 bridgehead atoms. The van der Waals surface area contributed by atoms with Crippen molar-refractivity contribution in [1.82, 2.24) is 8.87 Å². The van der Waals surface area contributed by atoms with Crippen LogP contribution in [0.1, 0.15) is 45.0 Å². The number of sulfonamides is 1. The fourth-order valence-corrected chi connectivity index (χ4v) is 7.16. The third-order valence-electron chi connectivity index (χ3n) is 5.47. The lowest BCUT2D eigenvalue weighted by Gasteiger charge is -2.25. The number of amides is 1. The number of rotatable bonds is 11. The molecule has 0 atom stereocenters. The van der Waals surface area contributed by atoms with Crippen LogP contribution < -0.4 is 4.80 Å². The van der Waals surface area contributed by atoms with Crippen molar-refractivity contribution in [2.45, 2.75) is 46.1 Å². The van der Waals surface area contributed by atoms with Crippen LogP contribution in [0.2, 0.25) is 10.0 Å². The largest absolute Gasteiger partial charge is 0.380 e. The molecule has 3 rings (SSSR count). The summed E-state index contributed by atoms with van der Waals surface area (Å²) in [5, 5.41) is 0.804. The standard InChI is InChI=1S/C26H33Cl2N3O4S2/c1-6-35-14-13-31-24-22(12-11-21(27)23(24)28)36-26(31)29-25(32)19-7-9-20(10-8-19)37(33,34)30(15-17(2)3)16-18(4)5/h7-12,17-18H,6,13-16H2,1-5H3. The average Bonchev–Trinajstić information content (AvgIpc) is 3.18. The van der Waals surface area contributed by atoms with E-state index in [9.17, 15) is 13.2 Å². The van der Waals surface area contributed by atoms with Gasteiger partial charge in [0.25, 0.3) is 5.91 Å². The van der Waals surface area contributed by atoms with E-state index in [1.54, 1.807) is 6.07 Å². The number of hydrogen-bond donors (Lipinski definition) is 0. The number of aromatic nitrogens is 1. The molecule has 2 aromatic carbocycles. The SMILES string of the molecule is CCOCCn1c(=NC(=O)c2ccc(S(=O)(=O)N(CC(C)C)CC(C)C)cc2)sc2ccc(Cl)c(Cl)c21. The van der Waals surface area contributed by atoms with E-state index in [2.05, 4.69) is 4.99 Å². The normalized spacial score (nSPS) is 13.0. The van der Waals surface area contributed by atoms with Crippen LogP contribution in [0.25, 0.3) is 10.2 Å². The first kappa shape index (κ1) is 29.8. The average molecular weight is 587 g/mol. The molecule has 0 aliphatic carbocycles. The van der Waals surface area contributed by atoms with E-state index in [0.717, 1.165) is 4.70 Å². The summed E-state index contributed by atoms with van der Waals surface area (Å²) in [4.78, 5) is 18.0. The first-order chi connectivity index (χ1) is 17.4. The molecule has 11 heteroatoms. The lowest BCUT2D eigenvalue weighted by molar-refractivity contribution is 0.0996. The van der Waals surface area contributed by atoms with Crippen molar-refractivity contribution in [3.05, 3.63) is 56.8 Å². The monoisotopic (exact) mass is 585 g/mol. The van der Waals surface area contributed by atoms with Gasteiger partial charge in [-0.05, 0) is 55.2 Å². The lowest BCUT2D eigenvalue weighted by Crippen LogP contribution is -2.37. The smallest absolute Gasteiger partial charge is 0.279 e. The van der Waals surface area contributed by atoms with Gasteiger partial charge in [0.15, 0.2) is 4.80 Å². The van der Waals surface area contributed by atoms with E-state index in [4.69, 9.17) is 27.9 Å². The summed E-state index contributed by atoms with van der Waals surface area (Å²) < 4.78 is 36.3. The van der Waals surface area contributed by atoms with Crippen molar-refractivity contribution in [3.63, 3.8) is 0 Å². The van der Waals surface area contributed by atoms with E-state index in [1.165, 1.54) is 39.9 Å². The summed E-state index contributed by atoms with van der Waals surface area (Å²) in [6.45, 7) is 12.1. The molecule has 0 saturated carbocycles. The Labute approximate surface area is 232 Å². The molecule has 1 amide bonds. The van der Waals surface area contributed by atoms with Crippen molar-refractivity contribution < 1.29 is 17.9 Å². The number of ether oxygens (including phenoxy) is 1. The molecule has 0 N–H and O–H groups in total. The highest BCUT2D eigenvalue weighted by atomic mass is 35.5. The zero-order valence-corrected chi connectivity index (χ0v) is 24.8. The van der Waals surface area contributed by atoms with Crippen LogP contribution in [0, 0.1) is 11.8 Å². The van der Waals surface area contributed by atoms with E-state index in [1.807, 2.05) is 45.3 Å². The minimum atomic E-state index is -3.69. The predicted octanol–water partition coefficient (Wildman–Crippen LogP) is 6.09. The second-order valence-electron chi connectivity index (χ2n) is 9.49. The second kappa shape index (κ2) is 12.9. The summed E-state index contributed by atoms with van der Waals surface area (Å²) in [7, 11) is -3.69. The van der Waals surface area contributed by atoms with Gasteiger partial charge < -0.3 is 9.30 Å². The predicted molar refractivity (Wildman–Crippen MR) is 151 cm³/mol. The quantitative estimate of drug-likeness (QED) is 0.255. The van der Waals surface area contributed by atoms with Crippen molar-refractivity contribution in [2.75, 3.05) is 26.3 Å². The Morgan fingerprint density at radius 2 is 1.68 bits per heavy atom. The Hall–Kier alpha value is -1.75. The van der Waals surface area contributed by atoms with Crippen molar-refractivity contribution in [2.24, 2.45) is 16.8 Å². The van der Waals surface area contributed by atoms with Crippen molar-refractivity contribution in [3.8, 4) is 0 Å². The van der Waals surface area contributed by atoms with Gasteiger partial charge in [-0.1, -0.05) is 62.2 Å². The van der Waals surface area contributed by atoms with Crippen LogP contribution in [-0.4, -0.2) is 49.5 Å². The number of benzene rings is 2. The fourth-order valence-electron chi connectivity index (χ4n) is 3.85. The number of carbonyl (C=O) groups excluding carboxylic acids is 1. The van der Waals surface area contributed by atoms with Gasteiger partial charge in [0.05, 0.1) is 31.8 Å². The highest BCUT2D eigenvalue weighted by molar-refractivity contribution is 7.89. The minimum absolute atomic E-state index is 0.153. The van der Waals surface area contributed by atoms with E-state index in [-0.39, 0.29) is 22.3 Å². The Bertz CT molecular complexity index is 1400. The maximum absolute atomic E-state index is 13.3. The number of halogens is 2. The highest BCUT2D eigenvalue weighted by Crippen LogP contribution is 2.32. The van der Waals surface area contributed by atoms with Crippen LogP contribution in [0.5, 0.6) is 0 Å². The van der Waals surface area contributed by atoms with Crippen LogP contribution in [0.4, 0.5) is 0 Å². The third kappa shape index (κ3) is 7.22. The summed E-state index contributed by atoms with van der Waals surface area (Å²) in [5.74, 6) is -0.108. The number of thiazole rings is 1. The Balaban J connectivity index is 1.97. The molecule has 0 spiro atoms. The molecule has 202 valence electrons. The highest BCUT2D eigenvalue weighted by Gasteiger charge is 2.26. The number of carbonyl (C=O) groups is 1. The van der Waals surface area contributed by atoms with Crippen molar-refractivity contribution in [1.29, 1.82) is 0 Å². The molecule has 0 saturated heterocycles. The third-order valence-corrected chi connectivity index (χ3v) is 9.16. The maximum atomic E-state index is 13.3. The van der Waals surface area contributed by atoms with Crippen LogP contribution in [0.15, 0.2) is 46.3 Å². The summed E-state index contributed by atoms with van der Waals surface area (Å²) in [6.07, 6.45) is 0. The maximum Gasteiger partial charge on any atom is 0.279 e. The van der Waals surface area contributed by atoms with Gasteiger partial charge in [-0.15, -0.1) is 0 Å². The van der Waals surface area contributed by atoms with Crippen LogP contribution >= 0.6 is 34.5 Å². The summed E-state index contributed by atoms with van der Waals surface area (Å²) in [5.41, 5.74) is 0.985. The molecule has 1 heterocycles. The topological polar surface area (TPSA) is 81.0 Å². The zero-order valence-electron chi connectivity index (χ0n) is 21.7. The molecule has 7 nitrogen and oxygen atoms in total. The zero-order chi connectivity index (χ0) is 27.3. The molecule has 3 aromatic rings. The number of nitrogens with zero attached hydrogens (tertiary/aromatic N) is 3. The first-order valence-electron chi connectivity index (χ1n) is 12.2. The fraction of sp³-hybridized carbons (Fsp3) is 0.462. The molecule has 0 aliphatic heterocycles. The van der Waals surface area contributed by atoms with Gasteiger partial charge in [0, 0.05) is 31.8 Å². The van der Waals surface area contributed by atoms with Gasteiger partial charge in [-0.3, -0.25) is 4.79 Å². The van der Waals surface area contributed by atoms with Crippen LogP contribution in [0.3, 0.4) is 0 Å². The van der Waals surface area contributed by atoms with Crippen LogP contribution in [-0.2, 0) is 21.3 Å². The minimum Gasteiger partial charge on any atom is -0.380 e. The molecule has 0 radical (unpaired) electrons. The van der Waals surface area contributed by atoms with Gasteiger partial charge in [-0.25, -0.2) is 8.42 Å². The molecular weight excluding hydrogens is 553 g/mol. The summed E-state index contributed by atoms with van der Waals surface area (Å²) >= 11 is 14.0. The van der Waals surface area contributed by atoms with Gasteiger partial charge in [0.2, 0.25) is 10.0 Å². The molecule has 0 unspecified atom stereocenters.